The molecule has 0 aliphatic carbocycles. The molecule has 0 spiro atoms. The Balaban J connectivity index is 2.42. The van der Waals surface area contributed by atoms with Gasteiger partial charge in [0.05, 0.1) is 0 Å². The van der Waals surface area contributed by atoms with Crippen LogP contribution in [0.1, 0.15) is 42.5 Å². The number of rotatable bonds is 8. The summed E-state index contributed by atoms with van der Waals surface area (Å²) in [6.45, 7) is 0.668. The van der Waals surface area contributed by atoms with E-state index in [9.17, 15) is 14.7 Å². The van der Waals surface area contributed by atoms with Gasteiger partial charge in [-0.05, 0) is 31.5 Å². The normalized spacial score (nSPS) is 10.2. The zero-order chi connectivity index (χ0) is 15.0. The molecule has 1 aromatic rings. The van der Waals surface area contributed by atoms with Gasteiger partial charge < -0.3 is 21.3 Å². The number of benzene rings is 1. The molecule has 1 aromatic carbocycles. The van der Waals surface area contributed by atoms with E-state index in [2.05, 4.69) is 5.32 Å². The summed E-state index contributed by atoms with van der Waals surface area (Å²) < 4.78 is 0. The molecule has 6 nitrogen and oxygen atoms in total. The number of aromatic hydroxyl groups is 1. The number of anilines is 1. The number of carboxylic acids is 1. The standard InChI is InChI=1S/C14H20N2O4/c15-8-4-2-1-3-5-13(18)16-10-6-7-11(14(19)20)12(17)9-10/h6-7,9,17H,1-5,8,15H2,(H,16,18)(H,19,20). The summed E-state index contributed by atoms with van der Waals surface area (Å²) >= 11 is 0. The average molecular weight is 280 g/mol. The van der Waals surface area contributed by atoms with Crippen molar-refractivity contribution in [3.8, 4) is 5.75 Å². The SMILES string of the molecule is NCCCCCCC(=O)Nc1ccc(C(=O)O)c(O)c1. The topological polar surface area (TPSA) is 113 Å². The molecule has 0 fully saturated rings. The summed E-state index contributed by atoms with van der Waals surface area (Å²) in [5.74, 6) is -1.72. The van der Waals surface area contributed by atoms with E-state index in [0.717, 1.165) is 25.7 Å². The summed E-state index contributed by atoms with van der Waals surface area (Å²) in [4.78, 5) is 22.4. The van der Waals surface area contributed by atoms with E-state index in [-0.39, 0.29) is 17.2 Å². The van der Waals surface area contributed by atoms with Crippen LogP contribution in [0, 0.1) is 0 Å². The number of carbonyl (C=O) groups is 2. The minimum Gasteiger partial charge on any atom is -0.507 e. The van der Waals surface area contributed by atoms with Crippen molar-refractivity contribution < 1.29 is 19.8 Å². The van der Waals surface area contributed by atoms with E-state index in [0.29, 0.717) is 18.7 Å². The number of aromatic carboxylic acids is 1. The first kappa shape index (κ1) is 16.0. The van der Waals surface area contributed by atoms with E-state index >= 15 is 0 Å². The Bertz CT molecular complexity index is 474. The van der Waals surface area contributed by atoms with Crippen LogP contribution in [0.25, 0.3) is 0 Å². The van der Waals surface area contributed by atoms with Gasteiger partial charge in [0.25, 0.3) is 0 Å². The molecule has 20 heavy (non-hydrogen) atoms. The fourth-order valence-electron chi connectivity index (χ4n) is 1.80. The third kappa shape index (κ3) is 5.27. The second kappa shape index (κ2) is 8.16. The smallest absolute Gasteiger partial charge is 0.339 e. The quantitative estimate of drug-likeness (QED) is 0.543. The van der Waals surface area contributed by atoms with E-state index in [1.165, 1.54) is 18.2 Å². The molecule has 110 valence electrons. The third-order valence-corrected chi connectivity index (χ3v) is 2.87. The highest BCUT2D eigenvalue weighted by Crippen LogP contribution is 2.22. The van der Waals surface area contributed by atoms with Crippen molar-refractivity contribution in [2.45, 2.75) is 32.1 Å². The van der Waals surface area contributed by atoms with Gasteiger partial charge in [-0.1, -0.05) is 12.8 Å². The van der Waals surface area contributed by atoms with Gasteiger partial charge in [-0.3, -0.25) is 4.79 Å². The van der Waals surface area contributed by atoms with Crippen molar-refractivity contribution in [3.05, 3.63) is 23.8 Å². The van der Waals surface area contributed by atoms with Crippen molar-refractivity contribution in [1.29, 1.82) is 0 Å². The lowest BCUT2D eigenvalue weighted by Crippen LogP contribution is -2.11. The summed E-state index contributed by atoms with van der Waals surface area (Å²) in [7, 11) is 0. The van der Waals surface area contributed by atoms with Gasteiger partial charge in [0.15, 0.2) is 0 Å². The first-order chi connectivity index (χ1) is 9.54. The largest absolute Gasteiger partial charge is 0.507 e. The van der Waals surface area contributed by atoms with Gasteiger partial charge >= 0.3 is 5.97 Å². The number of nitrogens with one attached hydrogen (secondary N) is 1. The van der Waals surface area contributed by atoms with E-state index < -0.39 is 5.97 Å². The van der Waals surface area contributed by atoms with Crippen LogP contribution < -0.4 is 11.1 Å². The van der Waals surface area contributed by atoms with Crippen molar-refractivity contribution in [3.63, 3.8) is 0 Å². The maximum absolute atomic E-state index is 11.6. The summed E-state index contributed by atoms with van der Waals surface area (Å²) in [5, 5.41) is 20.9. The van der Waals surface area contributed by atoms with Gasteiger partial charge in [-0.2, -0.15) is 0 Å². The fraction of sp³-hybridized carbons (Fsp3) is 0.429. The predicted octanol–water partition coefficient (Wildman–Crippen LogP) is 1.94. The lowest BCUT2D eigenvalue weighted by molar-refractivity contribution is -0.116. The van der Waals surface area contributed by atoms with E-state index in [1.54, 1.807) is 0 Å². The van der Waals surface area contributed by atoms with Crippen LogP contribution in [0.5, 0.6) is 5.75 Å². The number of amides is 1. The van der Waals surface area contributed by atoms with E-state index in [4.69, 9.17) is 10.8 Å². The highest BCUT2D eigenvalue weighted by molar-refractivity contribution is 5.94. The molecule has 0 unspecified atom stereocenters. The van der Waals surface area contributed by atoms with Crippen LogP contribution in [-0.4, -0.2) is 28.6 Å². The first-order valence-electron chi connectivity index (χ1n) is 6.61. The Morgan fingerprint density at radius 2 is 1.85 bits per heavy atom. The molecule has 0 radical (unpaired) electrons. The van der Waals surface area contributed by atoms with Gasteiger partial charge in [0.1, 0.15) is 11.3 Å². The maximum Gasteiger partial charge on any atom is 0.339 e. The average Bonchev–Trinajstić information content (AvgIpc) is 2.38. The minimum atomic E-state index is -1.21. The number of phenols is 1. The molecule has 0 aliphatic heterocycles. The maximum atomic E-state index is 11.6. The molecule has 1 amide bonds. The van der Waals surface area contributed by atoms with Crippen molar-refractivity contribution >= 4 is 17.6 Å². The number of nitrogens with two attached hydrogens (primary N) is 1. The number of unbranched alkanes of at least 4 members (excludes halogenated alkanes) is 3. The summed E-state index contributed by atoms with van der Waals surface area (Å²) in [6, 6.07) is 3.94. The van der Waals surface area contributed by atoms with Gasteiger partial charge in [0.2, 0.25) is 5.91 Å². The van der Waals surface area contributed by atoms with Gasteiger partial charge in [0, 0.05) is 18.2 Å². The Kier molecular flexibility index (Phi) is 6.52. The van der Waals surface area contributed by atoms with Crippen molar-refractivity contribution in [1.82, 2.24) is 0 Å². The highest BCUT2D eigenvalue weighted by Gasteiger charge is 2.10. The van der Waals surface area contributed by atoms with Crippen molar-refractivity contribution in [2.24, 2.45) is 5.73 Å². The van der Waals surface area contributed by atoms with E-state index in [1.807, 2.05) is 0 Å². The molecule has 0 aromatic heterocycles. The molecule has 0 saturated heterocycles. The Morgan fingerprint density at radius 1 is 1.15 bits per heavy atom. The molecule has 0 heterocycles. The lowest BCUT2D eigenvalue weighted by Gasteiger charge is -2.07. The molecule has 1 rings (SSSR count). The third-order valence-electron chi connectivity index (χ3n) is 2.87. The van der Waals surface area contributed by atoms with Crippen LogP contribution >= 0.6 is 0 Å². The summed E-state index contributed by atoms with van der Waals surface area (Å²) in [5.41, 5.74) is 5.57. The predicted molar refractivity (Wildman–Crippen MR) is 75.8 cm³/mol. The van der Waals surface area contributed by atoms with Crippen LogP contribution in [0.3, 0.4) is 0 Å². The lowest BCUT2D eigenvalue weighted by atomic mass is 10.1. The highest BCUT2D eigenvalue weighted by atomic mass is 16.4. The molecule has 0 atom stereocenters. The first-order valence-corrected chi connectivity index (χ1v) is 6.61. The zero-order valence-electron chi connectivity index (χ0n) is 11.3. The number of carbonyl (C=O) groups excluding carboxylic acids is 1. The second-order valence-electron chi connectivity index (χ2n) is 4.54. The monoisotopic (exact) mass is 280 g/mol. The number of hydrogen-bond donors (Lipinski definition) is 4. The van der Waals surface area contributed by atoms with Crippen LogP contribution in [-0.2, 0) is 4.79 Å². The summed E-state index contributed by atoms with van der Waals surface area (Å²) in [6.07, 6.45) is 4.11. The van der Waals surface area contributed by atoms with Crippen LogP contribution in [0.4, 0.5) is 5.69 Å². The minimum absolute atomic E-state index is 0.153. The molecule has 0 bridgehead atoms. The molecule has 5 N–H and O–H groups in total. The number of hydrogen-bond acceptors (Lipinski definition) is 4. The molecule has 0 saturated carbocycles. The zero-order valence-corrected chi connectivity index (χ0v) is 11.3. The van der Waals surface area contributed by atoms with Crippen LogP contribution in [0.15, 0.2) is 18.2 Å². The van der Waals surface area contributed by atoms with Gasteiger partial charge in [-0.15, -0.1) is 0 Å². The van der Waals surface area contributed by atoms with Crippen LogP contribution in [0.2, 0.25) is 0 Å². The molecular weight excluding hydrogens is 260 g/mol. The Morgan fingerprint density at radius 3 is 2.45 bits per heavy atom. The van der Waals surface area contributed by atoms with Crippen molar-refractivity contribution in [2.75, 3.05) is 11.9 Å². The second-order valence-corrected chi connectivity index (χ2v) is 4.54. The molecular formula is C14H20N2O4. The molecule has 0 aliphatic rings. The van der Waals surface area contributed by atoms with Gasteiger partial charge in [-0.25, -0.2) is 4.79 Å². The Hall–Kier alpha value is -2.08. The Labute approximate surface area is 117 Å². The molecule has 6 heteroatoms. The number of carboxylic acid groups (broad SMARTS) is 1. The fourth-order valence-corrected chi connectivity index (χ4v) is 1.80.